The Labute approximate surface area is 153 Å². The van der Waals surface area contributed by atoms with E-state index in [1.54, 1.807) is 18.2 Å². The van der Waals surface area contributed by atoms with Crippen molar-refractivity contribution in [1.82, 2.24) is 4.90 Å². The molecular weight excluding hydrogens is 328 g/mol. The Balaban J connectivity index is 1.66. The van der Waals surface area contributed by atoms with Crippen LogP contribution >= 0.6 is 0 Å². The van der Waals surface area contributed by atoms with Gasteiger partial charge in [-0.05, 0) is 36.1 Å². The molecule has 1 aliphatic rings. The van der Waals surface area contributed by atoms with Crippen LogP contribution in [0, 0.1) is 5.92 Å². The van der Waals surface area contributed by atoms with E-state index < -0.39 is 0 Å². The van der Waals surface area contributed by atoms with E-state index in [4.69, 9.17) is 0 Å². The molecule has 0 unspecified atom stereocenters. The van der Waals surface area contributed by atoms with Crippen molar-refractivity contribution in [3.05, 3.63) is 65.2 Å². The summed E-state index contributed by atoms with van der Waals surface area (Å²) >= 11 is 0. The minimum Gasteiger partial charge on any atom is -0.326 e. The third kappa shape index (κ3) is 3.82. The van der Waals surface area contributed by atoms with Gasteiger partial charge >= 0.3 is 0 Å². The van der Waals surface area contributed by atoms with Crippen LogP contribution in [0.5, 0.6) is 0 Å². The molecule has 0 atom stereocenters. The number of anilines is 1. The van der Waals surface area contributed by atoms with Crippen molar-refractivity contribution in [3.63, 3.8) is 0 Å². The smallest absolute Gasteiger partial charge is 0.261 e. The van der Waals surface area contributed by atoms with Gasteiger partial charge in [0.1, 0.15) is 0 Å². The zero-order chi connectivity index (χ0) is 18.7. The fraction of sp³-hybridized carbons (Fsp3) is 0.286. The molecule has 0 radical (unpaired) electrons. The van der Waals surface area contributed by atoms with Crippen molar-refractivity contribution in [2.45, 2.75) is 26.7 Å². The lowest BCUT2D eigenvalue weighted by Crippen LogP contribution is -2.33. The lowest BCUT2D eigenvalue weighted by Gasteiger charge is -2.15. The molecule has 134 valence electrons. The van der Waals surface area contributed by atoms with Crippen LogP contribution in [0.2, 0.25) is 0 Å². The lowest BCUT2D eigenvalue weighted by atomic mass is 10.1. The maximum absolute atomic E-state index is 12.5. The highest BCUT2D eigenvalue weighted by atomic mass is 16.2. The number of imide groups is 1. The first-order chi connectivity index (χ1) is 12.5. The van der Waals surface area contributed by atoms with Crippen LogP contribution in [0.4, 0.5) is 5.69 Å². The highest BCUT2D eigenvalue weighted by molar-refractivity contribution is 6.21. The normalized spacial score (nSPS) is 13.3. The van der Waals surface area contributed by atoms with Gasteiger partial charge in [0.25, 0.3) is 11.8 Å². The second kappa shape index (κ2) is 7.52. The number of carbonyl (C=O) groups is 3. The first-order valence-electron chi connectivity index (χ1n) is 8.79. The van der Waals surface area contributed by atoms with Crippen LogP contribution in [0.25, 0.3) is 0 Å². The number of aryl methyl sites for hydroxylation is 1. The molecule has 3 rings (SSSR count). The van der Waals surface area contributed by atoms with E-state index >= 15 is 0 Å². The van der Waals surface area contributed by atoms with Crippen molar-refractivity contribution in [2.75, 3.05) is 11.9 Å². The summed E-state index contributed by atoms with van der Waals surface area (Å²) in [6.45, 7) is 4.31. The van der Waals surface area contributed by atoms with Gasteiger partial charge in [0.05, 0.1) is 11.1 Å². The Morgan fingerprint density at radius 1 is 1.00 bits per heavy atom. The van der Waals surface area contributed by atoms with E-state index in [-0.39, 0.29) is 23.6 Å². The van der Waals surface area contributed by atoms with E-state index in [1.165, 1.54) is 4.90 Å². The minimum atomic E-state index is -0.293. The molecule has 5 heteroatoms. The number of benzene rings is 2. The molecule has 1 heterocycles. The van der Waals surface area contributed by atoms with Gasteiger partial charge in [-0.15, -0.1) is 0 Å². The maximum Gasteiger partial charge on any atom is 0.261 e. The Kier molecular flexibility index (Phi) is 5.16. The quantitative estimate of drug-likeness (QED) is 0.811. The number of nitrogens with one attached hydrogen (secondary N) is 1. The molecule has 3 amide bonds. The highest BCUT2D eigenvalue weighted by Crippen LogP contribution is 2.26. The van der Waals surface area contributed by atoms with Gasteiger partial charge in [-0.2, -0.15) is 0 Å². The molecule has 0 saturated heterocycles. The number of fused-ring (bicyclic) bond motifs is 1. The van der Waals surface area contributed by atoms with Gasteiger partial charge in [-0.25, -0.2) is 0 Å². The Morgan fingerprint density at radius 3 is 2.38 bits per heavy atom. The SMILES string of the molecule is CC(C)CN1C(=O)c2ccc(NC(=O)CCc3ccccc3)cc2C1=O. The zero-order valence-corrected chi connectivity index (χ0v) is 15.0. The van der Waals surface area contributed by atoms with E-state index in [9.17, 15) is 14.4 Å². The molecule has 0 aromatic heterocycles. The van der Waals surface area contributed by atoms with Gasteiger partial charge in [0, 0.05) is 18.7 Å². The van der Waals surface area contributed by atoms with Crippen LogP contribution in [0.15, 0.2) is 48.5 Å². The Bertz CT molecular complexity index is 844. The minimum absolute atomic E-state index is 0.121. The number of nitrogens with zero attached hydrogens (tertiary/aromatic N) is 1. The molecule has 5 nitrogen and oxygen atoms in total. The summed E-state index contributed by atoms with van der Waals surface area (Å²) in [4.78, 5) is 38.3. The molecule has 0 bridgehead atoms. The molecule has 26 heavy (non-hydrogen) atoms. The second-order valence-electron chi connectivity index (χ2n) is 6.91. The van der Waals surface area contributed by atoms with Crippen LogP contribution in [-0.4, -0.2) is 29.2 Å². The first-order valence-corrected chi connectivity index (χ1v) is 8.79. The summed E-state index contributed by atoms with van der Waals surface area (Å²) in [5, 5.41) is 2.81. The highest BCUT2D eigenvalue weighted by Gasteiger charge is 2.35. The standard InChI is InChI=1S/C21H22N2O3/c1-14(2)13-23-20(25)17-10-9-16(12-18(17)21(23)26)22-19(24)11-8-15-6-4-3-5-7-15/h3-7,9-10,12,14H,8,11,13H2,1-2H3,(H,22,24). The monoisotopic (exact) mass is 350 g/mol. The van der Waals surface area contributed by atoms with Gasteiger partial charge in [-0.1, -0.05) is 44.2 Å². The predicted molar refractivity (Wildman–Crippen MR) is 100 cm³/mol. The van der Waals surface area contributed by atoms with Crippen molar-refractivity contribution < 1.29 is 14.4 Å². The number of amides is 3. The number of rotatable bonds is 6. The molecule has 1 aliphatic heterocycles. The summed E-state index contributed by atoms with van der Waals surface area (Å²) in [5.41, 5.74) is 2.39. The van der Waals surface area contributed by atoms with E-state index in [0.717, 1.165) is 5.56 Å². The number of hydrogen-bond donors (Lipinski definition) is 1. The van der Waals surface area contributed by atoms with Gasteiger partial charge in [-0.3, -0.25) is 19.3 Å². The molecular formula is C21H22N2O3. The van der Waals surface area contributed by atoms with Crippen molar-refractivity contribution in [3.8, 4) is 0 Å². The zero-order valence-electron chi connectivity index (χ0n) is 15.0. The van der Waals surface area contributed by atoms with Gasteiger partial charge < -0.3 is 5.32 Å². The first kappa shape index (κ1) is 17.9. The largest absolute Gasteiger partial charge is 0.326 e. The molecule has 2 aromatic rings. The van der Waals surface area contributed by atoms with Crippen molar-refractivity contribution in [2.24, 2.45) is 5.92 Å². The molecule has 0 saturated carbocycles. The fourth-order valence-corrected chi connectivity index (χ4v) is 3.03. The third-order valence-electron chi connectivity index (χ3n) is 4.29. The average molecular weight is 350 g/mol. The van der Waals surface area contributed by atoms with Crippen molar-refractivity contribution in [1.29, 1.82) is 0 Å². The van der Waals surface area contributed by atoms with E-state index in [0.29, 0.717) is 36.2 Å². The molecule has 0 spiro atoms. The Hall–Kier alpha value is -2.95. The topological polar surface area (TPSA) is 66.5 Å². The molecule has 1 N–H and O–H groups in total. The maximum atomic E-state index is 12.5. The lowest BCUT2D eigenvalue weighted by molar-refractivity contribution is -0.116. The van der Waals surface area contributed by atoms with Gasteiger partial charge in [0.2, 0.25) is 5.91 Å². The molecule has 0 aliphatic carbocycles. The summed E-state index contributed by atoms with van der Waals surface area (Å²) in [6.07, 6.45) is 1.00. The number of hydrogen-bond acceptors (Lipinski definition) is 3. The Morgan fingerprint density at radius 2 is 1.69 bits per heavy atom. The summed E-state index contributed by atoms with van der Waals surface area (Å²) < 4.78 is 0. The summed E-state index contributed by atoms with van der Waals surface area (Å²) in [6, 6.07) is 14.7. The van der Waals surface area contributed by atoms with Gasteiger partial charge in [0.15, 0.2) is 0 Å². The van der Waals surface area contributed by atoms with Crippen LogP contribution in [0.3, 0.4) is 0 Å². The third-order valence-corrected chi connectivity index (χ3v) is 4.29. The predicted octanol–water partition coefficient (Wildman–Crippen LogP) is 3.51. The van der Waals surface area contributed by atoms with E-state index in [2.05, 4.69) is 5.32 Å². The average Bonchev–Trinajstić information content (AvgIpc) is 2.85. The molecule has 0 fully saturated rings. The van der Waals surface area contributed by atoms with Crippen LogP contribution in [0.1, 0.15) is 46.5 Å². The van der Waals surface area contributed by atoms with Crippen LogP contribution < -0.4 is 5.32 Å². The summed E-state index contributed by atoms with van der Waals surface area (Å²) in [7, 11) is 0. The van der Waals surface area contributed by atoms with Crippen molar-refractivity contribution >= 4 is 23.4 Å². The fourth-order valence-electron chi connectivity index (χ4n) is 3.03. The molecule has 2 aromatic carbocycles. The van der Waals surface area contributed by atoms with Crippen LogP contribution in [-0.2, 0) is 11.2 Å². The number of carbonyl (C=O) groups excluding carboxylic acids is 3. The second-order valence-corrected chi connectivity index (χ2v) is 6.91. The summed E-state index contributed by atoms with van der Waals surface area (Å²) in [5.74, 6) is -0.473. The van der Waals surface area contributed by atoms with E-state index in [1.807, 2.05) is 44.2 Å².